The van der Waals surface area contributed by atoms with Crippen LogP contribution in [0.25, 0.3) is 0 Å². The van der Waals surface area contributed by atoms with Crippen LogP contribution in [0.3, 0.4) is 0 Å². The van der Waals surface area contributed by atoms with Crippen LogP contribution in [0.2, 0.25) is 0 Å². The Morgan fingerprint density at radius 2 is 2.05 bits per heavy atom. The molecule has 0 aliphatic carbocycles. The number of carbonyl (C=O) groups excluding carboxylic acids is 1. The Labute approximate surface area is 134 Å². The average molecular weight is 320 g/mol. The van der Waals surface area contributed by atoms with Crippen molar-refractivity contribution in [1.82, 2.24) is 15.2 Å². The SMILES string of the molecule is CC(C)Oc1cnccc1NC(=O)c1nnc(C(C)(C)C)s1. The molecule has 1 amide bonds. The number of carbonyl (C=O) groups is 1. The molecule has 0 fully saturated rings. The van der Waals surface area contributed by atoms with E-state index in [9.17, 15) is 4.79 Å². The standard InChI is InChI=1S/C15H20N4O2S/c1-9(2)21-11-8-16-7-6-10(11)17-12(20)13-18-19-14(22-13)15(3,4)5/h6-9H,1-5H3,(H,16,17,20). The zero-order chi connectivity index (χ0) is 16.3. The van der Waals surface area contributed by atoms with Crippen molar-refractivity contribution < 1.29 is 9.53 Å². The summed E-state index contributed by atoms with van der Waals surface area (Å²) in [4.78, 5) is 16.3. The van der Waals surface area contributed by atoms with Gasteiger partial charge < -0.3 is 10.1 Å². The minimum Gasteiger partial charge on any atom is -0.487 e. The summed E-state index contributed by atoms with van der Waals surface area (Å²) in [5, 5.41) is 12.0. The van der Waals surface area contributed by atoms with Gasteiger partial charge in [0.15, 0.2) is 5.75 Å². The van der Waals surface area contributed by atoms with E-state index in [0.29, 0.717) is 16.4 Å². The maximum Gasteiger partial charge on any atom is 0.286 e. The van der Waals surface area contributed by atoms with E-state index in [1.165, 1.54) is 11.3 Å². The molecule has 0 aliphatic heterocycles. The molecule has 7 heteroatoms. The third-order valence-corrected chi connectivity index (χ3v) is 4.00. The summed E-state index contributed by atoms with van der Waals surface area (Å²) in [5.41, 5.74) is 0.444. The molecule has 0 aliphatic rings. The summed E-state index contributed by atoms with van der Waals surface area (Å²) in [6, 6.07) is 1.70. The highest BCUT2D eigenvalue weighted by molar-refractivity contribution is 7.13. The van der Waals surface area contributed by atoms with Crippen molar-refractivity contribution in [2.24, 2.45) is 0 Å². The van der Waals surface area contributed by atoms with Crippen molar-refractivity contribution >= 4 is 22.9 Å². The average Bonchev–Trinajstić information content (AvgIpc) is 2.90. The lowest BCUT2D eigenvalue weighted by Gasteiger charge is -2.13. The molecule has 0 spiro atoms. The number of amides is 1. The molecule has 0 unspecified atom stereocenters. The van der Waals surface area contributed by atoms with E-state index < -0.39 is 0 Å². The molecular weight excluding hydrogens is 300 g/mol. The van der Waals surface area contributed by atoms with Crippen LogP contribution < -0.4 is 10.1 Å². The van der Waals surface area contributed by atoms with Crippen LogP contribution in [0.15, 0.2) is 18.5 Å². The number of nitrogens with zero attached hydrogens (tertiary/aromatic N) is 3. The highest BCUT2D eigenvalue weighted by Crippen LogP contribution is 2.27. The second-order valence-electron chi connectivity index (χ2n) is 6.15. The quantitative estimate of drug-likeness (QED) is 0.935. The molecule has 2 aromatic rings. The predicted molar refractivity (Wildman–Crippen MR) is 86.6 cm³/mol. The van der Waals surface area contributed by atoms with Gasteiger partial charge in [0.25, 0.3) is 5.91 Å². The lowest BCUT2D eigenvalue weighted by atomic mass is 9.98. The Bertz CT molecular complexity index is 662. The highest BCUT2D eigenvalue weighted by atomic mass is 32.1. The first-order valence-corrected chi connectivity index (χ1v) is 7.85. The first kappa shape index (κ1) is 16.4. The van der Waals surface area contributed by atoms with E-state index in [1.807, 2.05) is 34.6 Å². The fourth-order valence-electron chi connectivity index (χ4n) is 1.62. The van der Waals surface area contributed by atoms with Gasteiger partial charge in [-0.2, -0.15) is 0 Å². The van der Waals surface area contributed by atoms with Crippen molar-refractivity contribution in [3.63, 3.8) is 0 Å². The number of rotatable bonds is 4. The second-order valence-corrected chi connectivity index (χ2v) is 7.13. The molecule has 0 bridgehead atoms. The summed E-state index contributed by atoms with van der Waals surface area (Å²) in [5.74, 6) is 0.235. The number of anilines is 1. The van der Waals surface area contributed by atoms with Crippen LogP contribution in [0, 0.1) is 0 Å². The Balaban J connectivity index is 2.17. The van der Waals surface area contributed by atoms with Gasteiger partial charge in [0, 0.05) is 11.6 Å². The Morgan fingerprint density at radius 1 is 1.32 bits per heavy atom. The van der Waals surface area contributed by atoms with Crippen LogP contribution >= 0.6 is 11.3 Å². The van der Waals surface area contributed by atoms with Gasteiger partial charge in [-0.25, -0.2) is 0 Å². The van der Waals surface area contributed by atoms with E-state index in [2.05, 4.69) is 20.5 Å². The van der Waals surface area contributed by atoms with E-state index in [-0.39, 0.29) is 17.4 Å². The highest BCUT2D eigenvalue weighted by Gasteiger charge is 2.22. The van der Waals surface area contributed by atoms with Crippen LogP contribution in [0.1, 0.15) is 49.4 Å². The fourth-order valence-corrected chi connectivity index (χ4v) is 2.42. The molecule has 0 radical (unpaired) electrons. The normalized spacial score (nSPS) is 11.5. The molecule has 1 N–H and O–H groups in total. The van der Waals surface area contributed by atoms with E-state index in [0.717, 1.165) is 5.01 Å². The van der Waals surface area contributed by atoms with Gasteiger partial charge in [-0.05, 0) is 19.9 Å². The molecule has 2 rings (SSSR count). The van der Waals surface area contributed by atoms with Gasteiger partial charge in [-0.15, -0.1) is 10.2 Å². The molecule has 0 atom stereocenters. The summed E-state index contributed by atoms with van der Waals surface area (Å²) in [6.45, 7) is 9.93. The van der Waals surface area contributed by atoms with Crippen molar-refractivity contribution in [3.8, 4) is 5.75 Å². The predicted octanol–water partition coefficient (Wildman–Crippen LogP) is 3.27. The minimum atomic E-state index is -0.298. The van der Waals surface area contributed by atoms with Gasteiger partial charge in [0.2, 0.25) is 5.01 Å². The second kappa shape index (κ2) is 6.39. The van der Waals surface area contributed by atoms with Gasteiger partial charge in [0.05, 0.1) is 18.0 Å². The first-order chi connectivity index (χ1) is 10.3. The van der Waals surface area contributed by atoms with Crippen molar-refractivity contribution in [1.29, 1.82) is 0 Å². The van der Waals surface area contributed by atoms with Gasteiger partial charge >= 0.3 is 0 Å². The molecule has 2 heterocycles. The summed E-state index contributed by atoms with van der Waals surface area (Å²) in [7, 11) is 0. The van der Waals surface area contributed by atoms with Crippen LogP contribution in [-0.2, 0) is 5.41 Å². The number of aromatic nitrogens is 3. The topological polar surface area (TPSA) is 77.0 Å². The molecule has 0 saturated heterocycles. The van der Waals surface area contributed by atoms with Crippen LogP contribution in [-0.4, -0.2) is 27.2 Å². The molecule has 2 aromatic heterocycles. The number of nitrogens with one attached hydrogen (secondary N) is 1. The maximum absolute atomic E-state index is 12.3. The zero-order valence-electron chi connectivity index (χ0n) is 13.4. The summed E-state index contributed by atoms with van der Waals surface area (Å²) >= 11 is 1.30. The van der Waals surface area contributed by atoms with E-state index in [1.54, 1.807) is 18.5 Å². The zero-order valence-corrected chi connectivity index (χ0v) is 14.2. The largest absolute Gasteiger partial charge is 0.487 e. The van der Waals surface area contributed by atoms with E-state index in [4.69, 9.17) is 4.74 Å². The third-order valence-electron chi connectivity index (χ3n) is 2.66. The van der Waals surface area contributed by atoms with Crippen LogP contribution in [0.5, 0.6) is 5.75 Å². The number of hydrogen-bond donors (Lipinski definition) is 1. The maximum atomic E-state index is 12.3. The Kier molecular flexibility index (Phi) is 4.75. The van der Waals surface area contributed by atoms with Crippen molar-refractivity contribution in [2.75, 3.05) is 5.32 Å². The lowest BCUT2D eigenvalue weighted by molar-refractivity contribution is 0.102. The Hall–Kier alpha value is -2.02. The molecular formula is C15H20N4O2S. The first-order valence-electron chi connectivity index (χ1n) is 7.03. The monoisotopic (exact) mass is 320 g/mol. The van der Waals surface area contributed by atoms with Gasteiger partial charge in [-0.1, -0.05) is 32.1 Å². The smallest absolute Gasteiger partial charge is 0.286 e. The number of pyridine rings is 1. The third kappa shape index (κ3) is 4.00. The fraction of sp³-hybridized carbons (Fsp3) is 0.467. The summed E-state index contributed by atoms with van der Waals surface area (Å²) in [6.07, 6.45) is 3.17. The Morgan fingerprint density at radius 3 is 2.64 bits per heavy atom. The van der Waals surface area contributed by atoms with Gasteiger partial charge in [-0.3, -0.25) is 9.78 Å². The van der Waals surface area contributed by atoms with Crippen LogP contribution in [0.4, 0.5) is 5.69 Å². The van der Waals surface area contributed by atoms with E-state index >= 15 is 0 Å². The number of ether oxygens (including phenoxy) is 1. The molecule has 0 saturated carbocycles. The molecule has 22 heavy (non-hydrogen) atoms. The van der Waals surface area contributed by atoms with Gasteiger partial charge in [0.1, 0.15) is 5.01 Å². The molecule has 6 nitrogen and oxygen atoms in total. The molecule has 0 aromatic carbocycles. The lowest BCUT2D eigenvalue weighted by Crippen LogP contribution is -2.14. The van der Waals surface area contributed by atoms with Crippen molar-refractivity contribution in [2.45, 2.75) is 46.1 Å². The van der Waals surface area contributed by atoms with Crippen molar-refractivity contribution in [3.05, 3.63) is 28.5 Å². The summed E-state index contributed by atoms with van der Waals surface area (Å²) < 4.78 is 5.63. The minimum absolute atomic E-state index is 0.00567. The number of hydrogen-bond acceptors (Lipinski definition) is 6. The molecule has 118 valence electrons.